The van der Waals surface area contributed by atoms with Gasteiger partial charge in [-0.25, -0.2) is 13.1 Å². The fourth-order valence-corrected chi connectivity index (χ4v) is 7.68. The first-order valence-electron chi connectivity index (χ1n) is 9.64. The lowest BCUT2D eigenvalue weighted by Gasteiger charge is -2.59. The number of carboxylic acids is 1. The van der Waals surface area contributed by atoms with E-state index in [0.717, 1.165) is 43.1 Å². The Hall–Kier alpha value is -1.60. The highest BCUT2D eigenvalue weighted by atomic mass is 32.2. The summed E-state index contributed by atoms with van der Waals surface area (Å²) in [7, 11) is -2.55. The van der Waals surface area contributed by atoms with Gasteiger partial charge in [0.1, 0.15) is 10.6 Å². The van der Waals surface area contributed by atoms with Gasteiger partial charge in [-0.2, -0.15) is 0 Å². The van der Waals surface area contributed by atoms with Crippen molar-refractivity contribution >= 4 is 16.0 Å². The molecule has 4 aliphatic rings. The lowest BCUT2D eigenvalue weighted by Crippen LogP contribution is -2.55. The molecular weight excluding hydrogens is 366 g/mol. The summed E-state index contributed by atoms with van der Waals surface area (Å²) in [5.41, 5.74) is -0.167. The Morgan fingerprint density at radius 3 is 2.22 bits per heavy atom. The van der Waals surface area contributed by atoms with Crippen LogP contribution in [-0.4, -0.2) is 27.5 Å². The van der Waals surface area contributed by atoms with E-state index in [9.17, 15) is 18.3 Å². The molecule has 0 saturated heterocycles. The second-order valence-electron chi connectivity index (χ2n) is 8.78. The standard InChI is InChI=1S/C20H27NO5S/c1-12(20-9-13-5-14(10-20)7-15(6-13)11-20)21-27(24,25)18-8-16(19(22)23)3-4-17(18)26-2/h3-4,8,12-15,21H,5-7,9-11H2,1-2H3,(H,22,23)/p-1/t12-,13?,14?,15?,20?/m0/s1. The molecule has 0 unspecified atom stereocenters. The minimum Gasteiger partial charge on any atom is -0.545 e. The molecule has 4 aliphatic carbocycles. The zero-order valence-corrected chi connectivity index (χ0v) is 16.6. The van der Waals surface area contributed by atoms with Crippen molar-refractivity contribution in [3.05, 3.63) is 23.8 Å². The van der Waals surface area contributed by atoms with E-state index >= 15 is 0 Å². The number of carbonyl (C=O) groups excluding carboxylic acids is 1. The maximum atomic E-state index is 13.1. The second-order valence-corrected chi connectivity index (χ2v) is 10.5. The Morgan fingerprint density at radius 1 is 1.19 bits per heavy atom. The van der Waals surface area contributed by atoms with Crippen LogP contribution in [0.25, 0.3) is 0 Å². The number of sulfonamides is 1. The first-order valence-corrected chi connectivity index (χ1v) is 11.1. The molecule has 4 bridgehead atoms. The molecular formula is C20H26NO5S-. The highest BCUT2D eigenvalue weighted by Gasteiger charge is 2.53. The van der Waals surface area contributed by atoms with Gasteiger partial charge >= 0.3 is 0 Å². The first kappa shape index (κ1) is 18.7. The summed E-state index contributed by atoms with van der Waals surface area (Å²) in [6, 6.07) is 3.56. The molecule has 148 valence electrons. The topological polar surface area (TPSA) is 95.5 Å². The molecule has 7 heteroatoms. The van der Waals surface area contributed by atoms with Gasteiger partial charge < -0.3 is 14.6 Å². The van der Waals surface area contributed by atoms with Crippen LogP contribution in [0.2, 0.25) is 0 Å². The largest absolute Gasteiger partial charge is 0.545 e. The molecule has 0 amide bonds. The molecule has 0 heterocycles. The number of aromatic carboxylic acids is 1. The summed E-state index contributed by atoms with van der Waals surface area (Å²) < 4.78 is 34.2. The number of benzene rings is 1. The van der Waals surface area contributed by atoms with E-state index in [2.05, 4.69) is 4.72 Å². The first-order chi connectivity index (χ1) is 12.7. The zero-order valence-electron chi connectivity index (χ0n) is 15.7. The number of nitrogens with one attached hydrogen (secondary N) is 1. The van der Waals surface area contributed by atoms with Gasteiger partial charge in [0.05, 0.1) is 13.1 Å². The molecule has 5 rings (SSSR count). The third kappa shape index (κ3) is 3.25. The molecule has 0 aliphatic heterocycles. The van der Waals surface area contributed by atoms with Crippen molar-refractivity contribution < 1.29 is 23.1 Å². The average molecular weight is 392 g/mol. The summed E-state index contributed by atoms with van der Waals surface area (Å²) >= 11 is 0. The highest BCUT2D eigenvalue weighted by molar-refractivity contribution is 7.89. The van der Waals surface area contributed by atoms with Gasteiger partial charge in [0.25, 0.3) is 0 Å². The molecule has 1 atom stereocenters. The van der Waals surface area contributed by atoms with Crippen molar-refractivity contribution in [2.24, 2.45) is 23.2 Å². The van der Waals surface area contributed by atoms with Crippen molar-refractivity contribution in [1.82, 2.24) is 4.72 Å². The Balaban J connectivity index is 1.62. The molecule has 4 saturated carbocycles. The summed E-state index contributed by atoms with van der Waals surface area (Å²) in [6.45, 7) is 1.96. The van der Waals surface area contributed by atoms with E-state index in [0.29, 0.717) is 0 Å². The van der Waals surface area contributed by atoms with Crippen molar-refractivity contribution in [1.29, 1.82) is 0 Å². The van der Waals surface area contributed by atoms with Crippen molar-refractivity contribution in [2.45, 2.75) is 56.4 Å². The Bertz CT molecular complexity index is 828. The van der Waals surface area contributed by atoms with Crippen LogP contribution in [0.4, 0.5) is 0 Å². The normalized spacial score (nSPS) is 33.0. The van der Waals surface area contributed by atoms with Crippen molar-refractivity contribution in [2.75, 3.05) is 7.11 Å². The lowest BCUT2D eigenvalue weighted by atomic mass is 9.48. The molecule has 1 N–H and O–H groups in total. The zero-order chi connectivity index (χ0) is 19.4. The molecule has 4 fully saturated rings. The molecule has 27 heavy (non-hydrogen) atoms. The molecule has 1 aromatic rings. The summed E-state index contributed by atoms with van der Waals surface area (Å²) in [4.78, 5) is 11.0. The van der Waals surface area contributed by atoms with Gasteiger partial charge in [0, 0.05) is 6.04 Å². The van der Waals surface area contributed by atoms with E-state index < -0.39 is 16.0 Å². The Kier molecular flexibility index (Phi) is 4.50. The quantitative estimate of drug-likeness (QED) is 0.798. The van der Waals surface area contributed by atoms with Crippen LogP contribution in [-0.2, 0) is 10.0 Å². The van der Waals surface area contributed by atoms with Crippen LogP contribution in [0.5, 0.6) is 5.75 Å². The van der Waals surface area contributed by atoms with Gasteiger partial charge in [-0.15, -0.1) is 0 Å². The third-order valence-electron chi connectivity index (χ3n) is 7.02. The van der Waals surface area contributed by atoms with E-state index in [1.807, 2.05) is 6.92 Å². The molecule has 0 spiro atoms. The van der Waals surface area contributed by atoms with Crippen molar-refractivity contribution in [3.8, 4) is 5.75 Å². The van der Waals surface area contributed by atoms with Crippen LogP contribution in [0.3, 0.4) is 0 Å². The van der Waals surface area contributed by atoms with Crippen LogP contribution in [0, 0.1) is 23.2 Å². The van der Waals surface area contributed by atoms with Gasteiger partial charge in [-0.1, -0.05) is 0 Å². The number of rotatable bonds is 6. The smallest absolute Gasteiger partial charge is 0.244 e. The number of carbonyl (C=O) groups is 1. The summed E-state index contributed by atoms with van der Waals surface area (Å²) in [5, 5.41) is 11.2. The Morgan fingerprint density at radius 2 is 1.74 bits per heavy atom. The molecule has 0 radical (unpaired) electrons. The average Bonchev–Trinajstić information content (AvgIpc) is 2.59. The van der Waals surface area contributed by atoms with Crippen LogP contribution < -0.4 is 14.6 Å². The van der Waals surface area contributed by atoms with Gasteiger partial charge in [0.15, 0.2) is 0 Å². The maximum absolute atomic E-state index is 13.1. The monoisotopic (exact) mass is 392 g/mol. The SMILES string of the molecule is COc1ccc(C(=O)[O-])cc1S(=O)(=O)N[C@@H](C)C12CC3CC(CC(C3)C1)C2. The van der Waals surface area contributed by atoms with E-state index in [1.54, 1.807) is 0 Å². The fraction of sp³-hybridized carbons (Fsp3) is 0.650. The molecule has 0 aromatic heterocycles. The number of methoxy groups -OCH3 is 1. The maximum Gasteiger partial charge on any atom is 0.244 e. The van der Waals surface area contributed by atoms with E-state index in [4.69, 9.17) is 4.74 Å². The van der Waals surface area contributed by atoms with Gasteiger partial charge in [-0.3, -0.25) is 0 Å². The molecule has 6 nitrogen and oxygen atoms in total. The number of hydrogen-bond donors (Lipinski definition) is 1. The predicted octanol–water partition coefficient (Wildman–Crippen LogP) is 1.94. The third-order valence-corrected chi connectivity index (χ3v) is 8.59. The fourth-order valence-electron chi connectivity index (χ4n) is 6.14. The summed E-state index contributed by atoms with van der Waals surface area (Å²) in [5.74, 6) is 0.880. The number of carboxylic acid groups (broad SMARTS) is 1. The van der Waals surface area contributed by atoms with Crippen LogP contribution in [0.1, 0.15) is 55.8 Å². The lowest BCUT2D eigenvalue weighted by molar-refractivity contribution is -0.255. The van der Waals surface area contributed by atoms with Crippen LogP contribution in [0.15, 0.2) is 23.1 Å². The predicted molar refractivity (Wildman–Crippen MR) is 97.7 cm³/mol. The van der Waals surface area contributed by atoms with Gasteiger partial charge in [-0.05, 0) is 92.4 Å². The van der Waals surface area contributed by atoms with E-state index in [-0.39, 0.29) is 27.7 Å². The van der Waals surface area contributed by atoms with Crippen LogP contribution >= 0.6 is 0 Å². The second kappa shape index (κ2) is 6.48. The minimum atomic E-state index is -3.92. The number of ether oxygens (including phenoxy) is 1. The van der Waals surface area contributed by atoms with Crippen molar-refractivity contribution in [3.63, 3.8) is 0 Å². The van der Waals surface area contributed by atoms with E-state index in [1.165, 1.54) is 38.5 Å². The van der Waals surface area contributed by atoms with Gasteiger partial charge in [0.2, 0.25) is 10.0 Å². The minimum absolute atomic E-state index is 0.0149. The number of hydrogen-bond acceptors (Lipinski definition) is 5. The summed E-state index contributed by atoms with van der Waals surface area (Å²) in [6.07, 6.45) is 7.12. The Labute approximate surface area is 160 Å². The molecule has 1 aromatic carbocycles. The highest BCUT2D eigenvalue weighted by Crippen LogP contribution is 2.61.